The van der Waals surface area contributed by atoms with Crippen molar-refractivity contribution in [1.29, 1.82) is 0 Å². The first kappa shape index (κ1) is 7.31. The second-order valence-corrected chi connectivity index (χ2v) is 2.96. The van der Waals surface area contributed by atoms with Gasteiger partial charge in [0, 0.05) is 5.56 Å². The standard InChI is InChI=1S/C9H8O3/c1-9(11)6-4-2-3-5-7(6)12-8(9)10/h2-5,11H,1H3. The molecule has 62 valence electrons. The highest BCUT2D eigenvalue weighted by molar-refractivity contribution is 5.88. The number of hydrogen-bond donors (Lipinski definition) is 1. The van der Waals surface area contributed by atoms with Crippen LogP contribution in [0, 0.1) is 0 Å². The van der Waals surface area contributed by atoms with Crippen molar-refractivity contribution in [2.24, 2.45) is 0 Å². The van der Waals surface area contributed by atoms with Gasteiger partial charge in [0.25, 0.3) is 0 Å². The fourth-order valence-corrected chi connectivity index (χ4v) is 1.27. The van der Waals surface area contributed by atoms with Crippen LogP contribution in [0.5, 0.6) is 5.75 Å². The summed E-state index contributed by atoms with van der Waals surface area (Å²) in [6.07, 6.45) is 0. The molecule has 1 aromatic carbocycles. The van der Waals surface area contributed by atoms with Crippen molar-refractivity contribution < 1.29 is 14.6 Å². The quantitative estimate of drug-likeness (QED) is 0.456. The van der Waals surface area contributed by atoms with Gasteiger partial charge in [0.1, 0.15) is 5.75 Å². The highest BCUT2D eigenvalue weighted by Gasteiger charge is 2.42. The van der Waals surface area contributed by atoms with Crippen LogP contribution < -0.4 is 4.74 Å². The van der Waals surface area contributed by atoms with Gasteiger partial charge in [-0.05, 0) is 13.0 Å². The second-order valence-electron chi connectivity index (χ2n) is 2.96. The van der Waals surface area contributed by atoms with Crippen molar-refractivity contribution >= 4 is 5.97 Å². The Morgan fingerprint density at radius 1 is 1.42 bits per heavy atom. The lowest BCUT2D eigenvalue weighted by atomic mass is 9.98. The molecular weight excluding hydrogens is 156 g/mol. The minimum absolute atomic E-state index is 0.451. The van der Waals surface area contributed by atoms with Crippen molar-refractivity contribution in [2.45, 2.75) is 12.5 Å². The summed E-state index contributed by atoms with van der Waals surface area (Å²) >= 11 is 0. The van der Waals surface area contributed by atoms with Crippen LogP contribution >= 0.6 is 0 Å². The number of esters is 1. The van der Waals surface area contributed by atoms with E-state index < -0.39 is 11.6 Å². The van der Waals surface area contributed by atoms with Crippen LogP contribution in [0.2, 0.25) is 0 Å². The topological polar surface area (TPSA) is 46.5 Å². The zero-order chi connectivity index (χ0) is 8.77. The summed E-state index contributed by atoms with van der Waals surface area (Å²) < 4.78 is 4.83. The fourth-order valence-electron chi connectivity index (χ4n) is 1.27. The zero-order valence-corrected chi connectivity index (χ0v) is 6.57. The number of ether oxygens (including phenoxy) is 1. The third-order valence-electron chi connectivity index (χ3n) is 2.01. The van der Waals surface area contributed by atoms with Crippen LogP contribution in [0.4, 0.5) is 0 Å². The van der Waals surface area contributed by atoms with E-state index in [1.807, 2.05) is 0 Å². The smallest absolute Gasteiger partial charge is 0.348 e. The van der Waals surface area contributed by atoms with E-state index in [1.165, 1.54) is 6.92 Å². The van der Waals surface area contributed by atoms with E-state index in [0.29, 0.717) is 11.3 Å². The summed E-state index contributed by atoms with van der Waals surface area (Å²) in [5.41, 5.74) is -0.939. The highest BCUT2D eigenvalue weighted by atomic mass is 16.6. The molecule has 1 heterocycles. The molecule has 1 N–H and O–H groups in total. The Kier molecular flexibility index (Phi) is 1.26. The van der Waals surface area contributed by atoms with E-state index in [-0.39, 0.29) is 0 Å². The summed E-state index contributed by atoms with van der Waals surface area (Å²) in [7, 11) is 0. The van der Waals surface area contributed by atoms with E-state index in [0.717, 1.165) is 0 Å². The number of aliphatic hydroxyl groups is 1. The molecule has 1 aromatic rings. The Balaban J connectivity index is 2.63. The number of carbonyl (C=O) groups excluding carboxylic acids is 1. The molecule has 0 spiro atoms. The number of para-hydroxylation sites is 1. The SMILES string of the molecule is CC1(O)C(=O)Oc2ccccc21. The van der Waals surface area contributed by atoms with E-state index in [9.17, 15) is 9.90 Å². The Bertz CT molecular complexity index is 341. The van der Waals surface area contributed by atoms with Gasteiger partial charge in [-0.25, -0.2) is 4.79 Å². The first-order valence-electron chi connectivity index (χ1n) is 3.66. The number of carbonyl (C=O) groups is 1. The van der Waals surface area contributed by atoms with Gasteiger partial charge in [-0.15, -0.1) is 0 Å². The summed E-state index contributed by atoms with van der Waals surface area (Å²) in [5, 5.41) is 9.64. The van der Waals surface area contributed by atoms with Crippen LogP contribution in [-0.4, -0.2) is 11.1 Å². The molecule has 0 radical (unpaired) electrons. The Morgan fingerprint density at radius 3 is 2.75 bits per heavy atom. The first-order valence-corrected chi connectivity index (χ1v) is 3.66. The minimum atomic E-state index is -1.48. The summed E-state index contributed by atoms with van der Waals surface area (Å²) in [6.45, 7) is 1.43. The molecule has 0 bridgehead atoms. The maximum atomic E-state index is 11.1. The number of benzene rings is 1. The van der Waals surface area contributed by atoms with Crippen molar-refractivity contribution in [2.75, 3.05) is 0 Å². The Labute approximate surface area is 69.6 Å². The maximum Gasteiger partial charge on any atom is 0.348 e. The van der Waals surface area contributed by atoms with Gasteiger partial charge in [-0.1, -0.05) is 18.2 Å². The van der Waals surface area contributed by atoms with Crippen molar-refractivity contribution in [3.05, 3.63) is 29.8 Å². The fraction of sp³-hybridized carbons (Fsp3) is 0.222. The first-order chi connectivity index (χ1) is 5.62. The number of rotatable bonds is 0. The normalized spacial score (nSPS) is 26.7. The molecule has 3 heteroatoms. The Hall–Kier alpha value is -1.35. The van der Waals surface area contributed by atoms with E-state index in [2.05, 4.69) is 0 Å². The van der Waals surface area contributed by atoms with Crippen LogP contribution in [-0.2, 0) is 10.4 Å². The van der Waals surface area contributed by atoms with Crippen molar-refractivity contribution in [1.82, 2.24) is 0 Å². The van der Waals surface area contributed by atoms with Gasteiger partial charge >= 0.3 is 5.97 Å². The van der Waals surface area contributed by atoms with E-state index in [4.69, 9.17) is 4.74 Å². The molecular formula is C9H8O3. The molecule has 0 saturated heterocycles. The lowest BCUT2D eigenvalue weighted by Crippen LogP contribution is -2.29. The summed E-state index contributed by atoms with van der Waals surface area (Å²) in [6, 6.07) is 6.86. The molecule has 1 aliphatic rings. The Morgan fingerprint density at radius 2 is 2.08 bits per heavy atom. The van der Waals surface area contributed by atoms with Crippen LogP contribution in [0.25, 0.3) is 0 Å². The van der Waals surface area contributed by atoms with Gasteiger partial charge in [-0.3, -0.25) is 0 Å². The molecule has 0 fully saturated rings. The lowest BCUT2D eigenvalue weighted by Gasteiger charge is -2.10. The molecule has 1 unspecified atom stereocenters. The molecule has 1 aliphatic heterocycles. The third kappa shape index (κ3) is 0.769. The summed E-state index contributed by atoms with van der Waals surface area (Å²) in [4.78, 5) is 11.1. The average molecular weight is 164 g/mol. The van der Waals surface area contributed by atoms with Crippen LogP contribution in [0.3, 0.4) is 0 Å². The summed E-state index contributed by atoms with van der Waals surface area (Å²) in [5.74, 6) is -0.156. The predicted octanol–water partition coefficient (Wildman–Crippen LogP) is 0.813. The average Bonchev–Trinajstić information content (AvgIpc) is 2.25. The zero-order valence-electron chi connectivity index (χ0n) is 6.57. The van der Waals surface area contributed by atoms with Gasteiger partial charge in [0.15, 0.2) is 5.60 Å². The number of hydrogen-bond acceptors (Lipinski definition) is 3. The largest absolute Gasteiger partial charge is 0.424 e. The van der Waals surface area contributed by atoms with Crippen molar-refractivity contribution in [3.63, 3.8) is 0 Å². The molecule has 12 heavy (non-hydrogen) atoms. The van der Waals surface area contributed by atoms with E-state index >= 15 is 0 Å². The molecule has 0 aromatic heterocycles. The van der Waals surface area contributed by atoms with Gasteiger partial charge < -0.3 is 9.84 Å². The van der Waals surface area contributed by atoms with E-state index in [1.54, 1.807) is 24.3 Å². The highest BCUT2D eigenvalue weighted by Crippen LogP contribution is 2.36. The van der Waals surface area contributed by atoms with Gasteiger partial charge in [0.2, 0.25) is 0 Å². The molecule has 0 amide bonds. The van der Waals surface area contributed by atoms with Crippen LogP contribution in [0.15, 0.2) is 24.3 Å². The molecule has 1 atom stereocenters. The van der Waals surface area contributed by atoms with Gasteiger partial charge in [-0.2, -0.15) is 0 Å². The van der Waals surface area contributed by atoms with Crippen molar-refractivity contribution in [3.8, 4) is 5.75 Å². The monoisotopic (exact) mass is 164 g/mol. The molecule has 0 saturated carbocycles. The maximum absolute atomic E-state index is 11.1. The third-order valence-corrected chi connectivity index (χ3v) is 2.01. The lowest BCUT2D eigenvalue weighted by molar-refractivity contribution is -0.149. The van der Waals surface area contributed by atoms with Crippen LogP contribution in [0.1, 0.15) is 12.5 Å². The van der Waals surface area contributed by atoms with Gasteiger partial charge in [0.05, 0.1) is 0 Å². The number of fused-ring (bicyclic) bond motifs is 1. The minimum Gasteiger partial charge on any atom is -0.424 e. The molecule has 2 rings (SSSR count). The molecule has 0 aliphatic carbocycles. The second kappa shape index (κ2) is 2.08. The molecule has 3 nitrogen and oxygen atoms in total. The predicted molar refractivity (Wildman–Crippen MR) is 41.6 cm³/mol.